The highest BCUT2D eigenvalue weighted by molar-refractivity contribution is 6.01. The van der Waals surface area contributed by atoms with Crippen LogP contribution < -0.4 is 0 Å². The highest BCUT2D eigenvalue weighted by Gasteiger charge is 2.62. The van der Waals surface area contributed by atoms with Gasteiger partial charge in [0.25, 0.3) is 0 Å². The minimum absolute atomic E-state index is 0.0573. The van der Waals surface area contributed by atoms with Crippen LogP contribution in [0.2, 0.25) is 0 Å². The smallest absolute Gasteiger partial charge is 0.178 e. The Labute approximate surface area is 144 Å². The number of carbonyl (C=O) groups is 2. The Hall–Kier alpha value is -1.22. The topological polar surface area (TPSA) is 54.4 Å². The van der Waals surface area contributed by atoms with Gasteiger partial charge in [-0.15, -0.1) is 0 Å². The maximum atomic E-state index is 12.2. The second-order valence-corrected chi connectivity index (χ2v) is 9.04. The molecule has 130 valence electrons. The lowest BCUT2D eigenvalue weighted by Crippen LogP contribution is -2.56. The summed E-state index contributed by atoms with van der Waals surface area (Å²) in [4.78, 5) is 24.0. The molecule has 3 saturated carbocycles. The van der Waals surface area contributed by atoms with E-state index in [0.29, 0.717) is 18.3 Å². The molecule has 0 saturated heterocycles. The lowest BCUT2D eigenvalue weighted by Gasteiger charge is -2.58. The fraction of sp³-hybridized carbons (Fsp3) is 0.714. The molecule has 0 amide bonds. The molecule has 0 spiro atoms. The van der Waals surface area contributed by atoms with E-state index in [-0.39, 0.29) is 34.2 Å². The summed E-state index contributed by atoms with van der Waals surface area (Å²) in [5.74, 6) is 1.61. The quantitative estimate of drug-likeness (QED) is 0.802. The van der Waals surface area contributed by atoms with E-state index in [9.17, 15) is 14.7 Å². The largest absolute Gasteiger partial charge is 0.393 e. The van der Waals surface area contributed by atoms with Crippen molar-refractivity contribution >= 4 is 11.6 Å². The fourth-order valence-corrected chi connectivity index (χ4v) is 6.99. The molecule has 0 bridgehead atoms. The predicted octanol–water partition coefficient (Wildman–Crippen LogP) is 3.47. The monoisotopic (exact) mass is 328 g/mol. The highest BCUT2D eigenvalue weighted by atomic mass is 16.3. The lowest BCUT2D eigenvalue weighted by atomic mass is 9.46. The minimum atomic E-state index is -0.400. The van der Waals surface area contributed by atoms with Gasteiger partial charge in [0.2, 0.25) is 0 Å². The Kier molecular flexibility index (Phi) is 3.48. The molecule has 7 atom stereocenters. The van der Waals surface area contributed by atoms with Gasteiger partial charge in [-0.1, -0.05) is 25.5 Å². The second-order valence-electron chi connectivity index (χ2n) is 9.04. The van der Waals surface area contributed by atoms with E-state index in [4.69, 9.17) is 0 Å². The zero-order valence-electron chi connectivity index (χ0n) is 14.9. The first-order valence-electron chi connectivity index (χ1n) is 9.40. The van der Waals surface area contributed by atoms with Crippen LogP contribution in [-0.4, -0.2) is 22.8 Å². The zero-order chi connectivity index (χ0) is 17.3. The van der Waals surface area contributed by atoms with E-state index in [1.807, 2.05) is 6.08 Å². The van der Waals surface area contributed by atoms with Crippen LogP contribution in [0.4, 0.5) is 0 Å². The average molecular weight is 328 g/mol. The number of hydrogen-bond acceptors (Lipinski definition) is 3. The maximum absolute atomic E-state index is 12.2. The van der Waals surface area contributed by atoms with Crippen LogP contribution in [0.5, 0.6) is 0 Å². The van der Waals surface area contributed by atoms with Crippen molar-refractivity contribution in [1.29, 1.82) is 0 Å². The molecule has 0 heterocycles. The van der Waals surface area contributed by atoms with Crippen molar-refractivity contribution in [2.45, 2.75) is 59.0 Å². The van der Waals surface area contributed by atoms with E-state index in [0.717, 1.165) is 25.7 Å². The Morgan fingerprint density at radius 3 is 2.71 bits per heavy atom. The number of rotatable bonds is 1. The van der Waals surface area contributed by atoms with Gasteiger partial charge in [0.15, 0.2) is 5.78 Å². The Morgan fingerprint density at radius 2 is 2.00 bits per heavy atom. The number of fused-ring (bicyclic) bond motifs is 5. The van der Waals surface area contributed by atoms with Gasteiger partial charge in [-0.05, 0) is 68.4 Å². The van der Waals surface area contributed by atoms with Gasteiger partial charge in [0.1, 0.15) is 5.78 Å². The van der Waals surface area contributed by atoms with Gasteiger partial charge >= 0.3 is 0 Å². The fourth-order valence-electron chi connectivity index (χ4n) is 6.99. The molecule has 3 heteroatoms. The molecule has 4 aliphatic carbocycles. The first-order valence-corrected chi connectivity index (χ1v) is 9.40. The van der Waals surface area contributed by atoms with Gasteiger partial charge in [-0.25, -0.2) is 0 Å². The summed E-state index contributed by atoms with van der Waals surface area (Å²) in [7, 11) is 0. The van der Waals surface area contributed by atoms with Crippen molar-refractivity contribution in [2.75, 3.05) is 0 Å². The SMILES string of the molecule is CC(=O)[C@H]1CCC2C3CCC4=CC(=O)C=C[C@]4(C)C3[C@@H](O)C[C@@]21C. The van der Waals surface area contributed by atoms with Crippen LogP contribution in [-0.2, 0) is 9.59 Å². The molecule has 0 radical (unpaired) electrons. The predicted molar refractivity (Wildman–Crippen MR) is 92.2 cm³/mol. The maximum Gasteiger partial charge on any atom is 0.178 e. The Bertz CT molecular complexity index is 660. The van der Waals surface area contributed by atoms with Crippen molar-refractivity contribution in [3.05, 3.63) is 23.8 Å². The number of carbonyl (C=O) groups excluding carboxylic acids is 2. The summed E-state index contributed by atoms with van der Waals surface area (Å²) in [5, 5.41) is 11.1. The van der Waals surface area contributed by atoms with Crippen molar-refractivity contribution in [1.82, 2.24) is 0 Å². The summed E-state index contributed by atoms with van der Waals surface area (Å²) < 4.78 is 0. The zero-order valence-corrected chi connectivity index (χ0v) is 14.9. The molecule has 0 aromatic rings. The number of hydrogen-bond donors (Lipinski definition) is 1. The Morgan fingerprint density at radius 1 is 1.25 bits per heavy atom. The summed E-state index contributed by atoms with van der Waals surface area (Å²) in [6, 6.07) is 0. The normalized spacial score (nSPS) is 49.9. The van der Waals surface area contributed by atoms with E-state index >= 15 is 0 Å². The van der Waals surface area contributed by atoms with Gasteiger partial charge < -0.3 is 5.11 Å². The first-order chi connectivity index (χ1) is 11.3. The summed E-state index contributed by atoms with van der Waals surface area (Å²) in [5.41, 5.74) is 0.935. The van der Waals surface area contributed by atoms with Crippen molar-refractivity contribution in [2.24, 2.45) is 34.5 Å². The average Bonchev–Trinajstić information content (AvgIpc) is 2.84. The van der Waals surface area contributed by atoms with Gasteiger partial charge in [-0.2, -0.15) is 0 Å². The standard InChI is InChI=1S/C21H28O3/c1-12(22)16-6-7-17-15-5-4-13-10-14(23)8-9-20(13,2)19(15)18(24)11-21(16,17)3/h8-10,15-19,24H,4-7,11H2,1-3H3/t15?,16-,17?,18+,19?,20+,21-/m1/s1. The molecule has 0 aliphatic heterocycles. The molecule has 4 aliphatic rings. The minimum Gasteiger partial charge on any atom is -0.393 e. The molecular weight excluding hydrogens is 300 g/mol. The van der Waals surface area contributed by atoms with E-state index in [1.165, 1.54) is 5.57 Å². The van der Waals surface area contributed by atoms with E-state index < -0.39 is 6.10 Å². The Balaban J connectivity index is 1.74. The molecule has 0 aromatic carbocycles. The number of Topliss-reactive ketones (excluding diaryl/α,β-unsaturated/α-hetero) is 1. The van der Waals surface area contributed by atoms with Crippen molar-refractivity contribution in [3.8, 4) is 0 Å². The first kappa shape index (κ1) is 16.3. The molecule has 3 fully saturated rings. The number of aliphatic hydroxyl groups is 1. The highest BCUT2D eigenvalue weighted by Crippen LogP contribution is 2.65. The van der Waals surface area contributed by atoms with Crippen LogP contribution in [0.25, 0.3) is 0 Å². The van der Waals surface area contributed by atoms with Crippen molar-refractivity contribution < 1.29 is 14.7 Å². The van der Waals surface area contributed by atoms with Crippen LogP contribution in [0.15, 0.2) is 23.8 Å². The number of aliphatic hydroxyl groups excluding tert-OH is 1. The lowest BCUT2D eigenvalue weighted by molar-refractivity contribution is -0.137. The number of allylic oxidation sites excluding steroid dienone is 4. The third-order valence-electron chi connectivity index (χ3n) is 7.98. The molecule has 0 aromatic heterocycles. The van der Waals surface area contributed by atoms with Crippen LogP contribution >= 0.6 is 0 Å². The van der Waals surface area contributed by atoms with Crippen molar-refractivity contribution in [3.63, 3.8) is 0 Å². The van der Waals surface area contributed by atoms with Crippen LogP contribution in [0.3, 0.4) is 0 Å². The molecule has 3 nitrogen and oxygen atoms in total. The van der Waals surface area contributed by atoms with Gasteiger partial charge in [-0.3, -0.25) is 9.59 Å². The summed E-state index contributed by atoms with van der Waals surface area (Å²) >= 11 is 0. The third kappa shape index (κ3) is 2.00. The molecule has 4 rings (SSSR count). The number of ketones is 2. The van der Waals surface area contributed by atoms with Gasteiger partial charge in [0.05, 0.1) is 6.10 Å². The van der Waals surface area contributed by atoms with E-state index in [2.05, 4.69) is 13.8 Å². The third-order valence-corrected chi connectivity index (χ3v) is 7.98. The van der Waals surface area contributed by atoms with Crippen LogP contribution in [0.1, 0.15) is 52.9 Å². The van der Waals surface area contributed by atoms with Gasteiger partial charge in [0, 0.05) is 17.3 Å². The summed E-state index contributed by atoms with van der Waals surface area (Å²) in [6.07, 6.45) is 9.89. The molecule has 1 N–H and O–H groups in total. The molecule has 24 heavy (non-hydrogen) atoms. The summed E-state index contributed by atoms with van der Waals surface area (Å²) in [6.45, 7) is 6.15. The van der Waals surface area contributed by atoms with E-state index in [1.54, 1.807) is 19.1 Å². The molecule has 3 unspecified atom stereocenters. The van der Waals surface area contributed by atoms with Crippen LogP contribution in [0, 0.1) is 34.5 Å². The second kappa shape index (κ2) is 5.14. The molecular formula is C21H28O3.